The summed E-state index contributed by atoms with van der Waals surface area (Å²) in [7, 11) is 0. The van der Waals surface area contributed by atoms with Crippen LogP contribution in [-0.4, -0.2) is 34.5 Å². The maximum Gasteiger partial charge on any atom is 0.0837 e. The lowest BCUT2D eigenvalue weighted by atomic mass is 9.80. The summed E-state index contributed by atoms with van der Waals surface area (Å²) in [6, 6.07) is 10.4. The van der Waals surface area contributed by atoms with Crippen molar-refractivity contribution in [3.63, 3.8) is 0 Å². The van der Waals surface area contributed by atoms with E-state index in [0.29, 0.717) is 11.4 Å². The van der Waals surface area contributed by atoms with Crippen LogP contribution in [0.2, 0.25) is 0 Å². The molecule has 118 valence electrons. The van der Waals surface area contributed by atoms with E-state index in [0.717, 1.165) is 13.1 Å². The number of ether oxygens (including phenoxy) is 1. The zero-order chi connectivity index (χ0) is 15.7. The summed E-state index contributed by atoms with van der Waals surface area (Å²) < 4.78 is 6.25. The maximum atomic E-state index is 6.25. The van der Waals surface area contributed by atoms with Crippen molar-refractivity contribution in [2.24, 2.45) is 5.41 Å². The zero-order valence-corrected chi connectivity index (χ0v) is 15.5. The Balaban J connectivity index is 2.06. The molecule has 0 saturated carbocycles. The van der Waals surface area contributed by atoms with Gasteiger partial charge in [-0.05, 0) is 31.7 Å². The fourth-order valence-electron chi connectivity index (χ4n) is 2.88. The van der Waals surface area contributed by atoms with E-state index in [2.05, 4.69) is 79.7 Å². The molecule has 3 heteroatoms. The first-order valence-electron chi connectivity index (χ1n) is 7.75. The molecule has 1 heterocycles. The second kappa shape index (κ2) is 6.39. The van der Waals surface area contributed by atoms with E-state index in [1.165, 1.54) is 5.56 Å². The molecule has 0 aromatic heterocycles. The van der Waals surface area contributed by atoms with Crippen molar-refractivity contribution in [1.29, 1.82) is 0 Å². The van der Waals surface area contributed by atoms with E-state index in [1.807, 2.05) is 6.07 Å². The molecule has 1 saturated heterocycles. The highest BCUT2D eigenvalue weighted by Crippen LogP contribution is 2.38. The number of hydrogen-bond donors (Lipinski definition) is 0. The molecule has 1 aliphatic rings. The highest BCUT2D eigenvalue weighted by atomic mass is 79.9. The van der Waals surface area contributed by atoms with E-state index in [9.17, 15) is 0 Å². The summed E-state index contributed by atoms with van der Waals surface area (Å²) in [6.07, 6.45) is 0.216. The summed E-state index contributed by atoms with van der Waals surface area (Å²) in [5.74, 6) is 0. The molecule has 0 radical (unpaired) electrons. The molecule has 0 aliphatic carbocycles. The lowest BCUT2D eigenvalue weighted by Crippen LogP contribution is -2.60. The summed E-state index contributed by atoms with van der Waals surface area (Å²) in [5.41, 5.74) is 1.62. The average molecular weight is 354 g/mol. The fourth-order valence-corrected chi connectivity index (χ4v) is 3.35. The number of benzene rings is 1. The van der Waals surface area contributed by atoms with Crippen molar-refractivity contribution in [1.82, 2.24) is 4.90 Å². The molecule has 0 amide bonds. The zero-order valence-electron chi connectivity index (χ0n) is 13.9. The van der Waals surface area contributed by atoms with Gasteiger partial charge in [0, 0.05) is 23.5 Å². The lowest BCUT2D eigenvalue weighted by molar-refractivity contribution is -0.0665. The van der Waals surface area contributed by atoms with Gasteiger partial charge in [0.1, 0.15) is 0 Å². The van der Waals surface area contributed by atoms with Crippen LogP contribution in [0, 0.1) is 5.41 Å². The quantitative estimate of drug-likeness (QED) is 0.743. The number of nitrogens with zero attached hydrogens (tertiary/aromatic N) is 1. The Bertz CT molecular complexity index is 452. The van der Waals surface area contributed by atoms with Crippen LogP contribution < -0.4 is 0 Å². The molecule has 0 unspecified atom stereocenters. The molecule has 0 bridgehead atoms. The highest BCUT2D eigenvalue weighted by Gasteiger charge is 2.44. The molecule has 0 spiro atoms. The molecule has 2 atom stereocenters. The fraction of sp³-hybridized carbons (Fsp3) is 0.667. The molecule has 1 aromatic rings. The molecular formula is C18H28BrNO. The van der Waals surface area contributed by atoms with Gasteiger partial charge in [0.15, 0.2) is 0 Å². The Labute approximate surface area is 138 Å². The molecular weight excluding hydrogens is 326 g/mol. The molecule has 1 fully saturated rings. The van der Waals surface area contributed by atoms with Crippen molar-refractivity contribution in [2.75, 3.05) is 13.1 Å². The molecule has 2 nitrogen and oxygen atoms in total. The summed E-state index contributed by atoms with van der Waals surface area (Å²) in [5, 5.41) is 0. The van der Waals surface area contributed by atoms with Crippen LogP contribution in [0.3, 0.4) is 0 Å². The van der Waals surface area contributed by atoms with Crippen molar-refractivity contribution in [3.8, 4) is 0 Å². The van der Waals surface area contributed by atoms with E-state index in [1.54, 1.807) is 0 Å². The molecule has 21 heavy (non-hydrogen) atoms. The monoisotopic (exact) mass is 353 g/mol. The minimum Gasteiger partial charge on any atom is -0.371 e. The average Bonchev–Trinajstić information content (AvgIpc) is 2.40. The Morgan fingerprint density at radius 3 is 2.43 bits per heavy atom. The Kier molecular flexibility index (Phi) is 5.17. The predicted molar refractivity (Wildman–Crippen MR) is 92.8 cm³/mol. The number of likely N-dealkylation sites (tertiary alicyclic amines) is 1. The smallest absolute Gasteiger partial charge is 0.0837 e. The van der Waals surface area contributed by atoms with E-state index in [-0.39, 0.29) is 17.1 Å². The third-order valence-electron chi connectivity index (χ3n) is 4.33. The number of hydrogen-bond acceptors (Lipinski definition) is 2. The van der Waals surface area contributed by atoms with Gasteiger partial charge in [-0.25, -0.2) is 0 Å². The number of halogens is 1. The standard InChI is InChI=1S/C18H28BrNO/c1-17(2,3)20-11-15(16(19)18(4,5)13-20)21-12-14-9-7-6-8-10-14/h6-10,15-16H,11-13H2,1-5H3/t15-,16-/m1/s1. The largest absolute Gasteiger partial charge is 0.371 e. The molecule has 1 aromatic carbocycles. The van der Waals surface area contributed by atoms with Gasteiger partial charge in [0.2, 0.25) is 0 Å². The van der Waals surface area contributed by atoms with Crippen LogP contribution in [0.5, 0.6) is 0 Å². The van der Waals surface area contributed by atoms with Crippen molar-refractivity contribution < 1.29 is 4.74 Å². The van der Waals surface area contributed by atoms with Gasteiger partial charge in [-0.1, -0.05) is 60.1 Å². The van der Waals surface area contributed by atoms with Crippen molar-refractivity contribution in [2.45, 2.75) is 57.7 Å². The van der Waals surface area contributed by atoms with E-state index in [4.69, 9.17) is 4.74 Å². The van der Waals surface area contributed by atoms with Gasteiger partial charge in [-0.2, -0.15) is 0 Å². The third-order valence-corrected chi connectivity index (χ3v) is 6.16. The summed E-state index contributed by atoms with van der Waals surface area (Å²) >= 11 is 3.89. The number of rotatable bonds is 3. The Hall–Kier alpha value is -0.380. The van der Waals surface area contributed by atoms with E-state index >= 15 is 0 Å². The molecule has 2 rings (SSSR count). The van der Waals surface area contributed by atoms with Gasteiger partial charge >= 0.3 is 0 Å². The maximum absolute atomic E-state index is 6.25. The van der Waals surface area contributed by atoms with Crippen LogP contribution in [0.4, 0.5) is 0 Å². The number of piperidine rings is 1. The van der Waals surface area contributed by atoms with Crippen LogP contribution >= 0.6 is 15.9 Å². The molecule has 0 N–H and O–H groups in total. The minimum atomic E-state index is 0.179. The Morgan fingerprint density at radius 1 is 1.24 bits per heavy atom. The Morgan fingerprint density at radius 2 is 1.86 bits per heavy atom. The first-order valence-corrected chi connectivity index (χ1v) is 8.66. The van der Waals surface area contributed by atoms with Gasteiger partial charge in [-0.15, -0.1) is 0 Å². The molecule has 1 aliphatic heterocycles. The summed E-state index contributed by atoms with van der Waals surface area (Å²) in [4.78, 5) is 2.92. The van der Waals surface area contributed by atoms with Gasteiger partial charge in [-0.3, -0.25) is 4.90 Å². The number of alkyl halides is 1. The van der Waals surface area contributed by atoms with Crippen LogP contribution in [0.1, 0.15) is 40.2 Å². The lowest BCUT2D eigenvalue weighted by Gasteiger charge is -2.50. The third kappa shape index (κ3) is 4.30. The summed E-state index contributed by atoms with van der Waals surface area (Å²) in [6.45, 7) is 14.3. The minimum absolute atomic E-state index is 0.179. The predicted octanol–water partition coefficient (Wildman–Crippen LogP) is 4.48. The first-order chi connectivity index (χ1) is 9.70. The highest BCUT2D eigenvalue weighted by molar-refractivity contribution is 9.09. The first kappa shape index (κ1) is 17.0. The van der Waals surface area contributed by atoms with Crippen LogP contribution in [0.25, 0.3) is 0 Å². The SMILES string of the molecule is CC1(C)CN(C(C)(C)C)C[C@@H](OCc2ccccc2)[C@H]1Br. The topological polar surface area (TPSA) is 12.5 Å². The second-order valence-electron chi connectivity index (χ2n) is 7.78. The van der Waals surface area contributed by atoms with Crippen LogP contribution in [-0.2, 0) is 11.3 Å². The van der Waals surface area contributed by atoms with Gasteiger partial charge in [0.25, 0.3) is 0 Å². The normalized spacial score (nSPS) is 26.8. The van der Waals surface area contributed by atoms with Crippen molar-refractivity contribution >= 4 is 15.9 Å². The van der Waals surface area contributed by atoms with Gasteiger partial charge in [0.05, 0.1) is 12.7 Å². The van der Waals surface area contributed by atoms with Crippen LogP contribution in [0.15, 0.2) is 30.3 Å². The van der Waals surface area contributed by atoms with Crippen molar-refractivity contribution in [3.05, 3.63) is 35.9 Å². The van der Waals surface area contributed by atoms with E-state index < -0.39 is 0 Å². The second-order valence-corrected chi connectivity index (χ2v) is 8.76. The van der Waals surface area contributed by atoms with Gasteiger partial charge < -0.3 is 4.74 Å².